The van der Waals surface area contributed by atoms with Gasteiger partial charge in [-0.2, -0.15) is 0 Å². The van der Waals surface area contributed by atoms with E-state index in [0.717, 1.165) is 6.54 Å². The number of aliphatic hydroxyl groups excluding tert-OH is 1. The highest BCUT2D eigenvalue weighted by Gasteiger charge is 2.14. The summed E-state index contributed by atoms with van der Waals surface area (Å²) in [4.78, 5) is 0. The number of nitrogens with one attached hydrogen (secondary N) is 1. The van der Waals surface area contributed by atoms with Crippen LogP contribution in [0.5, 0.6) is 0 Å². The molecule has 0 spiro atoms. The molecule has 0 fully saturated rings. The van der Waals surface area contributed by atoms with Gasteiger partial charge in [0.1, 0.15) is 11.9 Å². The standard InChI is InChI=1S/C18H23NO2/c1-14(11-16-7-4-3-5-8-16)13-19-15(2)12-17(20)18-9-6-10-21-18/h3-11,15,17,19-20H,12-13H2,1-2H3/b14-11+. The Morgan fingerprint density at radius 3 is 2.67 bits per heavy atom. The average molecular weight is 285 g/mol. The Morgan fingerprint density at radius 1 is 1.24 bits per heavy atom. The van der Waals surface area contributed by atoms with Crippen LogP contribution in [0.15, 0.2) is 58.7 Å². The molecule has 0 bridgehead atoms. The summed E-state index contributed by atoms with van der Waals surface area (Å²) in [5.74, 6) is 0.625. The molecule has 0 saturated heterocycles. The van der Waals surface area contributed by atoms with Crippen molar-refractivity contribution in [1.82, 2.24) is 5.32 Å². The summed E-state index contributed by atoms with van der Waals surface area (Å²) >= 11 is 0. The van der Waals surface area contributed by atoms with Crippen molar-refractivity contribution in [3.63, 3.8) is 0 Å². The fraction of sp³-hybridized carbons (Fsp3) is 0.333. The predicted molar refractivity (Wildman–Crippen MR) is 85.8 cm³/mol. The Bertz CT molecular complexity index is 546. The van der Waals surface area contributed by atoms with Crippen LogP contribution in [0.25, 0.3) is 6.08 Å². The van der Waals surface area contributed by atoms with Crippen molar-refractivity contribution in [1.29, 1.82) is 0 Å². The third-order valence-corrected chi connectivity index (χ3v) is 3.39. The van der Waals surface area contributed by atoms with Crippen LogP contribution in [-0.2, 0) is 0 Å². The third-order valence-electron chi connectivity index (χ3n) is 3.39. The summed E-state index contributed by atoms with van der Waals surface area (Å²) in [5, 5.41) is 13.5. The Hall–Kier alpha value is -1.84. The van der Waals surface area contributed by atoms with Crippen molar-refractivity contribution in [3.8, 4) is 0 Å². The van der Waals surface area contributed by atoms with Gasteiger partial charge < -0.3 is 14.8 Å². The van der Waals surface area contributed by atoms with Crippen molar-refractivity contribution in [2.75, 3.05) is 6.54 Å². The summed E-state index contributed by atoms with van der Waals surface area (Å²) in [6.07, 6.45) is 3.83. The lowest BCUT2D eigenvalue weighted by molar-refractivity contribution is 0.129. The first kappa shape index (κ1) is 15.5. The molecule has 2 N–H and O–H groups in total. The molecule has 3 nitrogen and oxygen atoms in total. The number of rotatable bonds is 7. The van der Waals surface area contributed by atoms with Gasteiger partial charge in [0.25, 0.3) is 0 Å². The lowest BCUT2D eigenvalue weighted by Gasteiger charge is -2.17. The van der Waals surface area contributed by atoms with Gasteiger partial charge in [-0.05, 0) is 38.0 Å². The minimum absolute atomic E-state index is 0.212. The van der Waals surface area contributed by atoms with E-state index in [1.807, 2.05) is 18.2 Å². The van der Waals surface area contributed by atoms with Crippen LogP contribution in [0.4, 0.5) is 0 Å². The molecule has 0 aliphatic heterocycles. The van der Waals surface area contributed by atoms with E-state index in [4.69, 9.17) is 4.42 Å². The lowest BCUT2D eigenvalue weighted by atomic mass is 10.1. The van der Waals surface area contributed by atoms with E-state index in [1.165, 1.54) is 11.1 Å². The Kier molecular flexibility index (Phi) is 5.78. The van der Waals surface area contributed by atoms with Gasteiger partial charge >= 0.3 is 0 Å². The van der Waals surface area contributed by atoms with E-state index in [1.54, 1.807) is 18.4 Å². The quantitative estimate of drug-likeness (QED) is 0.813. The third kappa shape index (κ3) is 5.21. The fourth-order valence-corrected chi connectivity index (χ4v) is 2.24. The molecule has 0 saturated carbocycles. The normalized spacial score (nSPS) is 14.9. The summed E-state index contributed by atoms with van der Waals surface area (Å²) in [7, 11) is 0. The minimum Gasteiger partial charge on any atom is -0.467 e. The molecular weight excluding hydrogens is 262 g/mol. The smallest absolute Gasteiger partial charge is 0.132 e. The number of hydrogen-bond acceptors (Lipinski definition) is 3. The van der Waals surface area contributed by atoms with Gasteiger partial charge in [0.05, 0.1) is 6.26 Å². The van der Waals surface area contributed by atoms with E-state index < -0.39 is 6.10 Å². The molecular formula is C18H23NO2. The number of furan rings is 1. The summed E-state index contributed by atoms with van der Waals surface area (Å²) < 4.78 is 5.21. The monoisotopic (exact) mass is 285 g/mol. The molecule has 3 heteroatoms. The first-order valence-electron chi connectivity index (χ1n) is 7.32. The maximum atomic E-state index is 10.0. The molecule has 1 heterocycles. The van der Waals surface area contributed by atoms with Crippen LogP contribution in [0, 0.1) is 0 Å². The first-order valence-corrected chi connectivity index (χ1v) is 7.32. The van der Waals surface area contributed by atoms with Crippen LogP contribution in [0.2, 0.25) is 0 Å². The van der Waals surface area contributed by atoms with E-state index in [-0.39, 0.29) is 6.04 Å². The zero-order valence-corrected chi connectivity index (χ0v) is 12.6. The van der Waals surface area contributed by atoms with Crippen molar-refractivity contribution in [2.24, 2.45) is 0 Å². The van der Waals surface area contributed by atoms with Gasteiger partial charge in [-0.3, -0.25) is 0 Å². The Morgan fingerprint density at radius 2 is 2.00 bits per heavy atom. The van der Waals surface area contributed by atoms with Crippen LogP contribution in [0.1, 0.15) is 37.7 Å². The maximum Gasteiger partial charge on any atom is 0.132 e. The average Bonchev–Trinajstić information content (AvgIpc) is 3.00. The van der Waals surface area contributed by atoms with Crippen LogP contribution >= 0.6 is 0 Å². The SMILES string of the molecule is C/C(=C\c1ccccc1)CNC(C)CC(O)c1ccco1. The molecule has 112 valence electrons. The molecule has 0 aliphatic carbocycles. The second kappa shape index (κ2) is 7.81. The van der Waals surface area contributed by atoms with E-state index in [9.17, 15) is 5.11 Å². The molecule has 21 heavy (non-hydrogen) atoms. The van der Waals surface area contributed by atoms with Gasteiger partial charge in [-0.15, -0.1) is 0 Å². The Balaban J connectivity index is 1.78. The molecule has 1 aromatic carbocycles. The van der Waals surface area contributed by atoms with Crippen molar-refractivity contribution in [2.45, 2.75) is 32.4 Å². The molecule has 0 radical (unpaired) electrons. The largest absolute Gasteiger partial charge is 0.467 e. The van der Waals surface area contributed by atoms with E-state index >= 15 is 0 Å². The van der Waals surface area contributed by atoms with Gasteiger partial charge in [0.2, 0.25) is 0 Å². The van der Waals surface area contributed by atoms with Gasteiger partial charge in [-0.25, -0.2) is 0 Å². The molecule has 0 amide bonds. The zero-order valence-electron chi connectivity index (χ0n) is 12.6. The van der Waals surface area contributed by atoms with Crippen LogP contribution < -0.4 is 5.32 Å². The molecule has 2 atom stereocenters. The van der Waals surface area contributed by atoms with E-state index in [2.05, 4.69) is 37.4 Å². The zero-order chi connectivity index (χ0) is 15.1. The minimum atomic E-state index is -0.555. The van der Waals surface area contributed by atoms with Crippen LogP contribution in [0.3, 0.4) is 0 Å². The summed E-state index contributed by atoms with van der Waals surface area (Å²) in [6.45, 7) is 4.98. The topological polar surface area (TPSA) is 45.4 Å². The van der Waals surface area contributed by atoms with Gasteiger partial charge in [-0.1, -0.05) is 42.0 Å². The van der Waals surface area contributed by atoms with E-state index in [0.29, 0.717) is 12.2 Å². The maximum absolute atomic E-state index is 10.0. The molecule has 2 rings (SSSR count). The molecule has 0 aliphatic rings. The molecule has 2 unspecified atom stereocenters. The highest BCUT2D eigenvalue weighted by Crippen LogP contribution is 2.18. The van der Waals surface area contributed by atoms with Crippen LogP contribution in [-0.4, -0.2) is 17.7 Å². The van der Waals surface area contributed by atoms with Crippen molar-refractivity contribution in [3.05, 3.63) is 65.6 Å². The first-order chi connectivity index (χ1) is 10.1. The van der Waals surface area contributed by atoms with Gasteiger partial charge in [0.15, 0.2) is 0 Å². The second-order valence-electron chi connectivity index (χ2n) is 5.45. The number of aliphatic hydroxyl groups is 1. The highest BCUT2D eigenvalue weighted by molar-refractivity contribution is 5.52. The molecule has 2 aromatic rings. The van der Waals surface area contributed by atoms with Crippen molar-refractivity contribution >= 4 is 6.08 Å². The summed E-state index contributed by atoms with van der Waals surface area (Å²) in [6, 6.07) is 14.1. The lowest BCUT2D eigenvalue weighted by Crippen LogP contribution is -2.29. The number of hydrogen-bond donors (Lipinski definition) is 2. The highest BCUT2D eigenvalue weighted by atomic mass is 16.4. The molecule has 1 aromatic heterocycles. The predicted octanol–water partition coefficient (Wildman–Crippen LogP) is 3.78. The second-order valence-corrected chi connectivity index (χ2v) is 5.45. The summed E-state index contributed by atoms with van der Waals surface area (Å²) in [5.41, 5.74) is 2.47. The van der Waals surface area contributed by atoms with Crippen molar-refractivity contribution < 1.29 is 9.52 Å². The number of benzene rings is 1. The Labute approximate surface area is 126 Å². The van der Waals surface area contributed by atoms with Gasteiger partial charge in [0, 0.05) is 12.6 Å². The fourth-order valence-electron chi connectivity index (χ4n) is 2.24.